The Balaban J connectivity index is 1.54. The van der Waals surface area contributed by atoms with Crippen molar-refractivity contribution in [2.45, 2.75) is 51.4 Å². The third kappa shape index (κ3) is 2.63. The van der Waals surface area contributed by atoms with Crippen molar-refractivity contribution < 1.29 is 0 Å². The highest BCUT2D eigenvalue weighted by atomic mass is 32.1. The van der Waals surface area contributed by atoms with Crippen molar-refractivity contribution in [2.75, 3.05) is 6.54 Å². The Kier molecular flexibility index (Phi) is 3.62. The van der Waals surface area contributed by atoms with Crippen molar-refractivity contribution in [2.24, 2.45) is 0 Å². The second-order valence-corrected chi connectivity index (χ2v) is 6.94. The SMILES string of the molecule is Cc1ccc(C2CCCN2Cn2ncn(C3CC3)c2=S)cc1. The standard InChI is InChI=1S/C17H22N4S/c1-13-4-6-14(7-5-13)16-3-2-10-19(16)12-21-17(22)20(11-18-21)15-8-9-15/h4-7,11,15-16H,2-3,8-10,12H2,1H3. The normalized spacial score (nSPS) is 22.3. The van der Waals surface area contributed by atoms with Gasteiger partial charge in [0.15, 0.2) is 4.77 Å². The van der Waals surface area contributed by atoms with Gasteiger partial charge in [-0.05, 0) is 50.4 Å². The zero-order valence-electron chi connectivity index (χ0n) is 13.0. The monoisotopic (exact) mass is 314 g/mol. The van der Waals surface area contributed by atoms with Gasteiger partial charge in [-0.3, -0.25) is 4.90 Å². The molecule has 1 saturated heterocycles. The topological polar surface area (TPSA) is 26.0 Å². The van der Waals surface area contributed by atoms with Crippen LogP contribution in [0.1, 0.15) is 48.9 Å². The lowest BCUT2D eigenvalue weighted by Gasteiger charge is -2.24. The molecule has 0 radical (unpaired) electrons. The fraction of sp³-hybridized carbons (Fsp3) is 0.529. The van der Waals surface area contributed by atoms with E-state index in [4.69, 9.17) is 12.2 Å². The Hall–Kier alpha value is -1.46. The maximum absolute atomic E-state index is 5.59. The van der Waals surface area contributed by atoms with Crippen LogP contribution in [0.15, 0.2) is 30.6 Å². The van der Waals surface area contributed by atoms with E-state index in [1.807, 2.05) is 11.0 Å². The molecule has 2 aliphatic rings. The fourth-order valence-electron chi connectivity index (χ4n) is 3.38. The van der Waals surface area contributed by atoms with Gasteiger partial charge >= 0.3 is 0 Å². The summed E-state index contributed by atoms with van der Waals surface area (Å²) in [7, 11) is 0. The number of nitrogens with zero attached hydrogens (tertiary/aromatic N) is 4. The van der Waals surface area contributed by atoms with E-state index in [9.17, 15) is 0 Å². The fourth-order valence-corrected chi connectivity index (χ4v) is 3.68. The zero-order chi connectivity index (χ0) is 15.1. The highest BCUT2D eigenvalue weighted by Crippen LogP contribution is 2.35. The molecule has 1 unspecified atom stereocenters. The van der Waals surface area contributed by atoms with E-state index in [-0.39, 0.29) is 0 Å². The van der Waals surface area contributed by atoms with Crippen LogP contribution in [0.3, 0.4) is 0 Å². The first-order valence-corrected chi connectivity index (χ1v) is 8.58. The van der Waals surface area contributed by atoms with Gasteiger partial charge in [0.05, 0.1) is 6.67 Å². The van der Waals surface area contributed by atoms with Gasteiger partial charge in [-0.2, -0.15) is 5.10 Å². The van der Waals surface area contributed by atoms with Gasteiger partial charge in [0.2, 0.25) is 0 Å². The first-order valence-electron chi connectivity index (χ1n) is 8.17. The number of benzene rings is 1. The van der Waals surface area contributed by atoms with Gasteiger partial charge in [0.1, 0.15) is 6.33 Å². The number of aromatic nitrogens is 3. The smallest absolute Gasteiger partial charge is 0.199 e. The van der Waals surface area contributed by atoms with Crippen molar-refractivity contribution in [3.63, 3.8) is 0 Å². The summed E-state index contributed by atoms with van der Waals surface area (Å²) in [5, 5.41) is 4.52. The lowest BCUT2D eigenvalue weighted by molar-refractivity contribution is 0.189. The Morgan fingerprint density at radius 2 is 1.95 bits per heavy atom. The molecule has 1 aliphatic heterocycles. The predicted molar refractivity (Wildman–Crippen MR) is 89.2 cm³/mol. The van der Waals surface area contributed by atoms with Gasteiger partial charge in [-0.1, -0.05) is 29.8 Å². The minimum atomic E-state index is 0.494. The molecule has 4 rings (SSSR count). The molecule has 4 nitrogen and oxygen atoms in total. The van der Waals surface area contributed by atoms with Crippen LogP contribution in [0.4, 0.5) is 0 Å². The second kappa shape index (κ2) is 5.63. The molecule has 0 amide bonds. The van der Waals surface area contributed by atoms with Gasteiger partial charge < -0.3 is 4.57 Å². The summed E-state index contributed by atoms with van der Waals surface area (Å²) in [4.78, 5) is 2.50. The summed E-state index contributed by atoms with van der Waals surface area (Å²) in [6.45, 7) is 4.06. The molecule has 1 aliphatic carbocycles. The first-order chi connectivity index (χ1) is 10.7. The van der Waals surface area contributed by atoms with E-state index < -0.39 is 0 Å². The second-order valence-electron chi connectivity index (χ2n) is 6.57. The summed E-state index contributed by atoms with van der Waals surface area (Å²) < 4.78 is 5.02. The molecule has 1 aromatic heterocycles. The Labute approximate surface area is 136 Å². The Bertz CT molecular complexity index is 711. The predicted octanol–water partition coefficient (Wildman–Crippen LogP) is 3.85. The molecular formula is C17H22N4S. The quantitative estimate of drug-likeness (QED) is 0.802. The molecule has 2 aromatic rings. The molecule has 0 N–H and O–H groups in total. The number of aryl methyl sites for hydroxylation is 1. The first kappa shape index (κ1) is 14.2. The maximum atomic E-state index is 5.59. The van der Waals surface area contributed by atoms with E-state index in [1.165, 1.54) is 36.8 Å². The highest BCUT2D eigenvalue weighted by molar-refractivity contribution is 7.71. The number of likely N-dealkylation sites (tertiary alicyclic amines) is 1. The van der Waals surface area contributed by atoms with Crippen molar-refractivity contribution >= 4 is 12.2 Å². The van der Waals surface area contributed by atoms with Crippen LogP contribution in [0.25, 0.3) is 0 Å². The van der Waals surface area contributed by atoms with Crippen molar-refractivity contribution in [3.8, 4) is 0 Å². The minimum absolute atomic E-state index is 0.494. The van der Waals surface area contributed by atoms with Crippen LogP contribution < -0.4 is 0 Å². The summed E-state index contributed by atoms with van der Waals surface area (Å²) >= 11 is 5.59. The van der Waals surface area contributed by atoms with Crippen LogP contribution in [-0.2, 0) is 6.67 Å². The lowest BCUT2D eigenvalue weighted by Crippen LogP contribution is -2.27. The molecular weight excluding hydrogens is 292 g/mol. The zero-order valence-corrected chi connectivity index (χ0v) is 13.8. The van der Waals surface area contributed by atoms with Gasteiger partial charge in [0.25, 0.3) is 0 Å². The molecule has 5 heteroatoms. The van der Waals surface area contributed by atoms with Gasteiger partial charge in [0, 0.05) is 18.6 Å². The summed E-state index contributed by atoms with van der Waals surface area (Å²) in [5.74, 6) is 0. The van der Waals surface area contributed by atoms with Crippen molar-refractivity contribution in [1.82, 2.24) is 19.2 Å². The highest BCUT2D eigenvalue weighted by Gasteiger charge is 2.28. The molecule has 0 bridgehead atoms. The van der Waals surface area contributed by atoms with Crippen LogP contribution in [0, 0.1) is 11.7 Å². The molecule has 116 valence electrons. The molecule has 2 fully saturated rings. The average Bonchev–Trinajstić information content (AvgIpc) is 3.15. The molecule has 22 heavy (non-hydrogen) atoms. The molecule has 1 saturated carbocycles. The minimum Gasteiger partial charge on any atom is -0.303 e. The van der Waals surface area contributed by atoms with Crippen LogP contribution in [0.2, 0.25) is 0 Å². The van der Waals surface area contributed by atoms with E-state index in [2.05, 4.69) is 45.8 Å². The average molecular weight is 314 g/mol. The summed E-state index contributed by atoms with van der Waals surface area (Å²) in [6.07, 6.45) is 6.87. The molecule has 0 spiro atoms. The Morgan fingerprint density at radius 3 is 2.68 bits per heavy atom. The number of hydrogen-bond acceptors (Lipinski definition) is 3. The van der Waals surface area contributed by atoms with E-state index in [0.717, 1.165) is 18.0 Å². The van der Waals surface area contributed by atoms with Crippen molar-refractivity contribution in [1.29, 1.82) is 0 Å². The number of hydrogen-bond donors (Lipinski definition) is 0. The van der Waals surface area contributed by atoms with E-state index in [0.29, 0.717) is 12.1 Å². The van der Waals surface area contributed by atoms with Crippen LogP contribution in [-0.4, -0.2) is 25.8 Å². The molecule has 1 atom stereocenters. The van der Waals surface area contributed by atoms with Gasteiger partial charge in [-0.15, -0.1) is 0 Å². The summed E-state index contributed by atoms with van der Waals surface area (Å²) in [6, 6.07) is 10.0. The van der Waals surface area contributed by atoms with Gasteiger partial charge in [-0.25, -0.2) is 4.68 Å². The molecule has 1 aromatic carbocycles. The molecule has 2 heterocycles. The van der Waals surface area contributed by atoms with Crippen LogP contribution in [0.5, 0.6) is 0 Å². The van der Waals surface area contributed by atoms with Crippen LogP contribution >= 0.6 is 12.2 Å². The number of rotatable bonds is 4. The maximum Gasteiger partial charge on any atom is 0.199 e. The largest absolute Gasteiger partial charge is 0.303 e. The third-order valence-corrected chi connectivity index (χ3v) is 5.26. The summed E-state index contributed by atoms with van der Waals surface area (Å²) in [5.41, 5.74) is 2.73. The van der Waals surface area contributed by atoms with Crippen molar-refractivity contribution in [3.05, 3.63) is 46.5 Å². The van der Waals surface area contributed by atoms with E-state index >= 15 is 0 Å². The third-order valence-electron chi connectivity index (χ3n) is 4.84. The lowest BCUT2D eigenvalue weighted by atomic mass is 10.0. The van der Waals surface area contributed by atoms with E-state index in [1.54, 1.807) is 0 Å². The Morgan fingerprint density at radius 1 is 1.18 bits per heavy atom.